The molecule has 0 saturated carbocycles. The monoisotopic (exact) mass is 425 g/mol. The fourth-order valence-electron chi connectivity index (χ4n) is 4.54. The number of carbonyl (C=O) groups is 1. The van der Waals surface area contributed by atoms with E-state index in [0.717, 1.165) is 46.4 Å². The number of nitrogens with zero attached hydrogens (tertiary/aromatic N) is 2. The second-order valence-corrected chi connectivity index (χ2v) is 8.04. The van der Waals surface area contributed by atoms with Crippen LogP contribution in [-0.4, -0.2) is 65.8 Å². The second kappa shape index (κ2) is 9.08. The summed E-state index contributed by atoms with van der Waals surface area (Å²) in [5.74, 6) is -0.0823. The smallest absolute Gasteiger partial charge is 0.335 e. The Morgan fingerprint density at radius 1 is 1.26 bits per heavy atom. The van der Waals surface area contributed by atoms with Crippen molar-refractivity contribution in [3.8, 4) is 5.75 Å². The van der Waals surface area contributed by atoms with E-state index in [-0.39, 0.29) is 18.3 Å². The van der Waals surface area contributed by atoms with Gasteiger partial charge in [0.2, 0.25) is 0 Å². The molecule has 164 valence electrons. The van der Waals surface area contributed by atoms with E-state index in [4.69, 9.17) is 4.74 Å². The van der Waals surface area contributed by atoms with Crippen LogP contribution in [0.5, 0.6) is 5.75 Å². The molecular weight excluding hydrogens is 397 g/mol. The third-order valence-electron chi connectivity index (χ3n) is 6.21. The van der Waals surface area contributed by atoms with Gasteiger partial charge in [0.1, 0.15) is 12.4 Å². The molecule has 4 rings (SSSR count). The Labute approximate surface area is 181 Å². The predicted octanol–water partition coefficient (Wildman–Crippen LogP) is 4.01. The highest BCUT2D eigenvalue weighted by molar-refractivity contribution is 5.88. The standard InChI is InChI=1S/C24H28FN3O3/c1-16-13-22(31-2)20(19-7-9-26-23(16)19)14-28-12-11-27(10-8-25)15-21(28)17-3-5-18(6-4-17)24(29)30/h3-7,9,13,21,26H,8,10-12,14-15H2,1-2H3,(H,29,30)/t21-/m1/s1. The number of fused-ring (bicyclic) bond motifs is 1. The number of carboxylic acids is 1. The Morgan fingerprint density at radius 2 is 2.03 bits per heavy atom. The van der Waals surface area contributed by atoms with Crippen molar-refractivity contribution in [3.05, 3.63) is 64.8 Å². The van der Waals surface area contributed by atoms with Crippen molar-refractivity contribution >= 4 is 16.9 Å². The maximum absolute atomic E-state index is 13.0. The molecule has 0 amide bonds. The number of benzene rings is 2. The molecule has 1 aliphatic heterocycles. The lowest BCUT2D eigenvalue weighted by atomic mass is 9.98. The highest BCUT2D eigenvalue weighted by Gasteiger charge is 2.29. The summed E-state index contributed by atoms with van der Waals surface area (Å²) in [5, 5.41) is 10.4. The molecular formula is C24H28FN3O3. The minimum absolute atomic E-state index is 0.0307. The van der Waals surface area contributed by atoms with Crippen molar-refractivity contribution in [2.24, 2.45) is 0 Å². The molecule has 0 bridgehead atoms. The molecule has 31 heavy (non-hydrogen) atoms. The van der Waals surface area contributed by atoms with Crippen LogP contribution in [0.3, 0.4) is 0 Å². The molecule has 1 aliphatic rings. The number of methoxy groups -OCH3 is 1. The molecule has 0 aliphatic carbocycles. The number of aromatic nitrogens is 1. The Bertz CT molecular complexity index is 1060. The quantitative estimate of drug-likeness (QED) is 0.599. The van der Waals surface area contributed by atoms with Gasteiger partial charge >= 0.3 is 5.97 Å². The minimum atomic E-state index is -0.939. The van der Waals surface area contributed by atoms with Crippen molar-refractivity contribution in [1.29, 1.82) is 0 Å². The van der Waals surface area contributed by atoms with Gasteiger partial charge in [-0.05, 0) is 42.3 Å². The molecule has 6 nitrogen and oxygen atoms in total. The lowest BCUT2D eigenvalue weighted by Crippen LogP contribution is -2.48. The number of rotatable bonds is 7. The van der Waals surface area contributed by atoms with Gasteiger partial charge < -0.3 is 14.8 Å². The molecule has 1 aromatic heterocycles. The van der Waals surface area contributed by atoms with Crippen molar-refractivity contribution in [3.63, 3.8) is 0 Å². The van der Waals surface area contributed by atoms with Crippen LogP contribution in [0.2, 0.25) is 0 Å². The summed E-state index contributed by atoms with van der Waals surface area (Å²) < 4.78 is 18.8. The Hall–Kier alpha value is -2.90. The Kier molecular flexibility index (Phi) is 6.25. The van der Waals surface area contributed by atoms with Crippen LogP contribution in [0.1, 0.15) is 33.1 Å². The zero-order valence-electron chi connectivity index (χ0n) is 17.9. The molecule has 3 aromatic rings. The first kappa shape index (κ1) is 21.3. The van der Waals surface area contributed by atoms with E-state index in [1.807, 2.05) is 18.3 Å². The maximum Gasteiger partial charge on any atom is 0.335 e. The molecule has 2 heterocycles. The number of piperazine rings is 1. The number of nitrogens with one attached hydrogen (secondary N) is 1. The van der Waals surface area contributed by atoms with Gasteiger partial charge in [0, 0.05) is 61.4 Å². The van der Waals surface area contributed by atoms with Crippen LogP contribution in [0, 0.1) is 6.92 Å². The summed E-state index contributed by atoms with van der Waals surface area (Å²) in [6.45, 7) is 5.06. The molecule has 2 N–H and O–H groups in total. The summed E-state index contributed by atoms with van der Waals surface area (Å²) in [4.78, 5) is 19.1. The number of aryl methyl sites for hydroxylation is 1. The fourth-order valence-corrected chi connectivity index (χ4v) is 4.54. The fraction of sp³-hybridized carbons (Fsp3) is 0.375. The number of H-pyrrole nitrogens is 1. The molecule has 0 radical (unpaired) electrons. The van der Waals surface area contributed by atoms with Crippen LogP contribution in [0.15, 0.2) is 42.6 Å². The van der Waals surface area contributed by atoms with Crippen molar-refractivity contribution in [1.82, 2.24) is 14.8 Å². The Morgan fingerprint density at radius 3 is 2.71 bits per heavy atom. The van der Waals surface area contributed by atoms with E-state index in [1.54, 1.807) is 19.2 Å². The third-order valence-corrected chi connectivity index (χ3v) is 6.21. The molecule has 1 fully saturated rings. The summed E-state index contributed by atoms with van der Waals surface area (Å²) in [6, 6.07) is 11.2. The third kappa shape index (κ3) is 4.29. The van der Waals surface area contributed by atoms with E-state index in [2.05, 4.69) is 33.8 Å². The highest BCUT2D eigenvalue weighted by Crippen LogP contribution is 2.35. The Balaban J connectivity index is 1.69. The van der Waals surface area contributed by atoms with E-state index < -0.39 is 5.97 Å². The highest BCUT2D eigenvalue weighted by atomic mass is 19.1. The zero-order valence-corrected chi connectivity index (χ0v) is 17.9. The van der Waals surface area contributed by atoms with Gasteiger partial charge in [-0.3, -0.25) is 9.80 Å². The van der Waals surface area contributed by atoms with Crippen LogP contribution < -0.4 is 4.74 Å². The first-order valence-corrected chi connectivity index (χ1v) is 10.5. The van der Waals surface area contributed by atoms with Gasteiger partial charge in [0.25, 0.3) is 0 Å². The SMILES string of the molecule is COc1cc(C)c2[nH]ccc2c1CN1CCN(CCF)C[C@@H]1c1ccc(C(=O)O)cc1. The van der Waals surface area contributed by atoms with Crippen molar-refractivity contribution in [2.45, 2.75) is 19.5 Å². The summed E-state index contributed by atoms with van der Waals surface area (Å²) in [7, 11) is 1.69. The molecule has 1 saturated heterocycles. The van der Waals surface area contributed by atoms with Crippen molar-refractivity contribution in [2.75, 3.05) is 40.0 Å². The van der Waals surface area contributed by atoms with Crippen LogP contribution in [0.4, 0.5) is 4.39 Å². The average Bonchev–Trinajstić information content (AvgIpc) is 3.27. The van der Waals surface area contributed by atoms with Gasteiger partial charge in [-0.15, -0.1) is 0 Å². The largest absolute Gasteiger partial charge is 0.496 e. The molecule has 0 unspecified atom stereocenters. The first-order valence-electron chi connectivity index (χ1n) is 10.5. The van der Waals surface area contributed by atoms with Gasteiger partial charge in [0.05, 0.1) is 12.7 Å². The summed E-state index contributed by atoms with van der Waals surface area (Å²) in [6.07, 6.45) is 1.95. The number of hydrogen-bond donors (Lipinski definition) is 2. The number of ether oxygens (including phenoxy) is 1. The topological polar surface area (TPSA) is 68.8 Å². The van der Waals surface area contributed by atoms with E-state index in [0.29, 0.717) is 19.6 Å². The van der Waals surface area contributed by atoms with Gasteiger partial charge in [-0.1, -0.05) is 12.1 Å². The number of aromatic amines is 1. The molecule has 2 aromatic carbocycles. The van der Waals surface area contributed by atoms with E-state index in [1.165, 1.54) is 0 Å². The second-order valence-electron chi connectivity index (χ2n) is 8.04. The lowest BCUT2D eigenvalue weighted by molar-refractivity contribution is 0.0641. The number of carboxylic acid groups (broad SMARTS) is 1. The van der Waals surface area contributed by atoms with Crippen LogP contribution in [0.25, 0.3) is 10.9 Å². The van der Waals surface area contributed by atoms with Crippen LogP contribution in [-0.2, 0) is 6.54 Å². The molecule has 7 heteroatoms. The molecule has 0 spiro atoms. The van der Waals surface area contributed by atoms with Crippen molar-refractivity contribution < 1.29 is 19.0 Å². The average molecular weight is 426 g/mol. The van der Waals surface area contributed by atoms with Gasteiger partial charge in [-0.2, -0.15) is 0 Å². The molecule has 1 atom stereocenters. The van der Waals surface area contributed by atoms with E-state index >= 15 is 0 Å². The number of aromatic carboxylic acids is 1. The summed E-state index contributed by atoms with van der Waals surface area (Å²) >= 11 is 0. The first-order chi connectivity index (χ1) is 15.0. The van der Waals surface area contributed by atoms with E-state index in [9.17, 15) is 14.3 Å². The minimum Gasteiger partial charge on any atom is -0.496 e. The predicted molar refractivity (Wildman–Crippen MR) is 119 cm³/mol. The lowest BCUT2D eigenvalue weighted by Gasteiger charge is -2.42. The zero-order chi connectivity index (χ0) is 22.0. The normalized spacial score (nSPS) is 17.8. The number of alkyl halides is 1. The number of halogens is 1. The number of hydrogen-bond acceptors (Lipinski definition) is 4. The van der Waals surface area contributed by atoms with Gasteiger partial charge in [0.15, 0.2) is 0 Å². The van der Waals surface area contributed by atoms with Gasteiger partial charge in [-0.25, -0.2) is 9.18 Å². The maximum atomic E-state index is 13.0. The summed E-state index contributed by atoms with van der Waals surface area (Å²) in [5.41, 5.74) is 4.66. The van der Waals surface area contributed by atoms with Crippen LogP contribution >= 0.6 is 0 Å².